The van der Waals surface area contributed by atoms with Gasteiger partial charge < -0.3 is 9.47 Å². The SMILES string of the molecule is CCCCOC(=O)c1c(OC)ccc2c(F)cccc12. The van der Waals surface area contributed by atoms with Crippen LogP contribution in [0.15, 0.2) is 30.3 Å². The van der Waals surface area contributed by atoms with Gasteiger partial charge >= 0.3 is 5.97 Å². The Bertz CT molecular complexity index is 622. The van der Waals surface area contributed by atoms with Gasteiger partial charge in [-0.3, -0.25) is 0 Å². The number of unbranched alkanes of at least 4 members (excludes halogenated alkanes) is 1. The molecule has 0 aliphatic rings. The molecule has 20 heavy (non-hydrogen) atoms. The number of esters is 1. The molecule has 0 spiro atoms. The second-order valence-electron chi connectivity index (χ2n) is 4.47. The quantitative estimate of drug-likeness (QED) is 0.613. The van der Waals surface area contributed by atoms with Gasteiger partial charge in [0.2, 0.25) is 0 Å². The Kier molecular flexibility index (Phi) is 4.56. The van der Waals surface area contributed by atoms with Crippen molar-refractivity contribution in [3.8, 4) is 5.75 Å². The molecule has 0 heterocycles. The van der Waals surface area contributed by atoms with Crippen LogP contribution >= 0.6 is 0 Å². The summed E-state index contributed by atoms with van der Waals surface area (Å²) in [4.78, 5) is 12.2. The Hall–Kier alpha value is -2.10. The number of rotatable bonds is 5. The van der Waals surface area contributed by atoms with Crippen molar-refractivity contribution in [2.75, 3.05) is 13.7 Å². The third kappa shape index (κ3) is 2.74. The van der Waals surface area contributed by atoms with Gasteiger partial charge in [-0.1, -0.05) is 25.5 Å². The van der Waals surface area contributed by atoms with Crippen molar-refractivity contribution in [3.63, 3.8) is 0 Å². The predicted octanol–water partition coefficient (Wildman–Crippen LogP) is 3.94. The lowest BCUT2D eigenvalue weighted by molar-refractivity contribution is 0.0498. The molecule has 0 aliphatic carbocycles. The van der Waals surface area contributed by atoms with Crippen molar-refractivity contribution < 1.29 is 18.7 Å². The molecule has 0 bridgehead atoms. The van der Waals surface area contributed by atoms with Crippen molar-refractivity contribution in [3.05, 3.63) is 41.7 Å². The fourth-order valence-electron chi connectivity index (χ4n) is 2.06. The van der Waals surface area contributed by atoms with Crippen LogP contribution in [0.5, 0.6) is 5.75 Å². The van der Waals surface area contributed by atoms with Gasteiger partial charge in [-0.05, 0) is 24.6 Å². The van der Waals surface area contributed by atoms with Gasteiger partial charge in [0.05, 0.1) is 13.7 Å². The standard InChI is InChI=1S/C16H17FO3/c1-3-4-10-20-16(18)15-12-6-5-7-13(17)11(12)8-9-14(15)19-2/h5-9H,3-4,10H2,1-2H3. The van der Waals surface area contributed by atoms with E-state index in [1.54, 1.807) is 24.3 Å². The molecule has 2 rings (SSSR count). The first-order valence-corrected chi connectivity index (χ1v) is 6.61. The zero-order valence-corrected chi connectivity index (χ0v) is 11.6. The minimum atomic E-state index is -0.480. The number of ether oxygens (including phenoxy) is 2. The summed E-state index contributed by atoms with van der Waals surface area (Å²) in [6.45, 7) is 2.37. The Morgan fingerprint density at radius 2 is 2.00 bits per heavy atom. The highest BCUT2D eigenvalue weighted by Crippen LogP contribution is 2.30. The Balaban J connectivity index is 2.48. The molecule has 0 saturated carbocycles. The third-order valence-corrected chi connectivity index (χ3v) is 3.13. The zero-order chi connectivity index (χ0) is 14.5. The summed E-state index contributed by atoms with van der Waals surface area (Å²) in [5, 5.41) is 0.890. The van der Waals surface area contributed by atoms with Crippen molar-refractivity contribution >= 4 is 16.7 Å². The average molecular weight is 276 g/mol. The summed E-state index contributed by atoms with van der Waals surface area (Å²) in [6, 6.07) is 7.81. The first-order valence-electron chi connectivity index (χ1n) is 6.61. The first-order chi connectivity index (χ1) is 9.69. The molecule has 106 valence electrons. The van der Waals surface area contributed by atoms with Gasteiger partial charge in [-0.25, -0.2) is 9.18 Å². The maximum absolute atomic E-state index is 13.8. The summed E-state index contributed by atoms with van der Waals surface area (Å²) < 4.78 is 24.2. The number of halogens is 1. The largest absolute Gasteiger partial charge is 0.496 e. The normalized spacial score (nSPS) is 10.6. The average Bonchev–Trinajstić information content (AvgIpc) is 2.46. The fraction of sp³-hybridized carbons (Fsp3) is 0.312. The van der Waals surface area contributed by atoms with Gasteiger partial charge in [0.15, 0.2) is 0 Å². The number of carbonyl (C=O) groups is 1. The van der Waals surface area contributed by atoms with E-state index in [0.29, 0.717) is 23.1 Å². The molecular formula is C16H17FO3. The van der Waals surface area contributed by atoms with Crippen molar-refractivity contribution in [2.24, 2.45) is 0 Å². The van der Waals surface area contributed by atoms with Crippen LogP contribution in [0.2, 0.25) is 0 Å². The van der Waals surface area contributed by atoms with E-state index in [0.717, 1.165) is 12.8 Å². The van der Waals surface area contributed by atoms with E-state index in [1.165, 1.54) is 13.2 Å². The van der Waals surface area contributed by atoms with Crippen LogP contribution in [0.1, 0.15) is 30.1 Å². The third-order valence-electron chi connectivity index (χ3n) is 3.13. The number of fused-ring (bicyclic) bond motifs is 1. The molecule has 0 atom stereocenters. The van der Waals surface area contributed by atoms with E-state index in [-0.39, 0.29) is 11.4 Å². The van der Waals surface area contributed by atoms with E-state index in [9.17, 15) is 9.18 Å². The summed E-state index contributed by atoms with van der Waals surface area (Å²) in [5.41, 5.74) is 0.278. The van der Waals surface area contributed by atoms with E-state index in [2.05, 4.69) is 0 Å². The highest BCUT2D eigenvalue weighted by Gasteiger charge is 2.18. The first kappa shape index (κ1) is 14.3. The lowest BCUT2D eigenvalue weighted by atomic mass is 10.0. The number of methoxy groups -OCH3 is 1. The summed E-state index contributed by atoms with van der Waals surface area (Å²) in [5.74, 6) is -0.455. The van der Waals surface area contributed by atoms with Crippen molar-refractivity contribution in [1.29, 1.82) is 0 Å². The number of carbonyl (C=O) groups excluding carboxylic acids is 1. The predicted molar refractivity (Wildman–Crippen MR) is 75.6 cm³/mol. The van der Waals surface area contributed by atoms with Gasteiger partial charge in [0.1, 0.15) is 17.1 Å². The molecule has 0 saturated heterocycles. The lowest BCUT2D eigenvalue weighted by Gasteiger charge is -2.12. The summed E-state index contributed by atoms with van der Waals surface area (Å²) >= 11 is 0. The molecule has 0 radical (unpaired) electrons. The molecule has 0 fully saturated rings. The van der Waals surface area contributed by atoms with E-state index >= 15 is 0 Å². The van der Waals surface area contributed by atoms with Crippen molar-refractivity contribution in [1.82, 2.24) is 0 Å². The molecule has 3 nitrogen and oxygen atoms in total. The van der Waals surface area contributed by atoms with Crippen LogP contribution in [0.25, 0.3) is 10.8 Å². The van der Waals surface area contributed by atoms with Gasteiger partial charge in [-0.2, -0.15) is 0 Å². The minimum absolute atomic E-state index is 0.278. The minimum Gasteiger partial charge on any atom is -0.496 e. The number of benzene rings is 2. The summed E-state index contributed by atoms with van der Waals surface area (Å²) in [6.07, 6.45) is 1.74. The van der Waals surface area contributed by atoms with Gasteiger partial charge in [0, 0.05) is 10.8 Å². The molecule has 0 unspecified atom stereocenters. The van der Waals surface area contributed by atoms with Crippen LogP contribution in [0, 0.1) is 5.82 Å². The zero-order valence-electron chi connectivity index (χ0n) is 11.6. The molecule has 2 aromatic carbocycles. The van der Waals surface area contributed by atoms with Crippen LogP contribution in [0.3, 0.4) is 0 Å². The molecule has 0 N–H and O–H groups in total. The van der Waals surface area contributed by atoms with Crippen molar-refractivity contribution in [2.45, 2.75) is 19.8 Å². The van der Waals surface area contributed by atoms with E-state index in [4.69, 9.17) is 9.47 Å². The lowest BCUT2D eigenvalue weighted by Crippen LogP contribution is -2.09. The molecule has 0 aliphatic heterocycles. The Labute approximate surface area is 117 Å². The Morgan fingerprint density at radius 1 is 1.20 bits per heavy atom. The highest BCUT2D eigenvalue weighted by atomic mass is 19.1. The maximum atomic E-state index is 13.8. The van der Waals surface area contributed by atoms with E-state index < -0.39 is 5.97 Å². The van der Waals surface area contributed by atoms with Crippen LogP contribution in [0.4, 0.5) is 4.39 Å². The molecule has 2 aromatic rings. The van der Waals surface area contributed by atoms with Crippen LogP contribution in [-0.2, 0) is 4.74 Å². The monoisotopic (exact) mass is 276 g/mol. The second-order valence-corrected chi connectivity index (χ2v) is 4.47. The Morgan fingerprint density at radius 3 is 2.70 bits per heavy atom. The topological polar surface area (TPSA) is 35.5 Å². The molecule has 4 heteroatoms. The highest BCUT2D eigenvalue weighted by molar-refractivity contribution is 6.07. The van der Waals surface area contributed by atoms with Crippen LogP contribution < -0.4 is 4.74 Å². The second kappa shape index (κ2) is 6.37. The maximum Gasteiger partial charge on any atom is 0.342 e. The molecular weight excluding hydrogens is 259 g/mol. The van der Waals surface area contributed by atoms with E-state index in [1.807, 2.05) is 6.92 Å². The number of hydrogen-bond donors (Lipinski definition) is 0. The van der Waals surface area contributed by atoms with Gasteiger partial charge in [0.25, 0.3) is 0 Å². The van der Waals surface area contributed by atoms with Gasteiger partial charge in [-0.15, -0.1) is 0 Å². The van der Waals surface area contributed by atoms with Crippen LogP contribution in [-0.4, -0.2) is 19.7 Å². The molecule has 0 aromatic heterocycles. The summed E-state index contributed by atoms with van der Waals surface area (Å²) in [7, 11) is 1.48. The number of hydrogen-bond acceptors (Lipinski definition) is 3. The molecule has 0 amide bonds. The smallest absolute Gasteiger partial charge is 0.342 e. The fourth-order valence-corrected chi connectivity index (χ4v) is 2.06.